The van der Waals surface area contributed by atoms with Crippen LogP contribution in [0.15, 0.2) is 23.4 Å². The Morgan fingerprint density at radius 2 is 2.00 bits per heavy atom. The van der Waals surface area contributed by atoms with E-state index in [1.807, 2.05) is 0 Å². The molecule has 25 heavy (non-hydrogen) atoms. The van der Waals surface area contributed by atoms with Gasteiger partial charge in [0.15, 0.2) is 6.10 Å². The zero-order valence-corrected chi connectivity index (χ0v) is 13.3. The van der Waals surface area contributed by atoms with Gasteiger partial charge in [-0.1, -0.05) is 5.16 Å². The van der Waals surface area contributed by atoms with E-state index >= 15 is 0 Å². The summed E-state index contributed by atoms with van der Waals surface area (Å²) >= 11 is 0. The van der Waals surface area contributed by atoms with E-state index in [1.54, 1.807) is 0 Å². The average Bonchev–Trinajstić information content (AvgIpc) is 3.14. The van der Waals surface area contributed by atoms with Crippen molar-refractivity contribution in [1.29, 1.82) is 0 Å². The Morgan fingerprint density at radius 3 is 2.60 bits per heavy atom. The number of nitrogens with zero attached hydrogens (tertiary/aromatic N) is 1. The van der Waals surface area contributed by atoms with Gasteiger partial charge in [-0.3, -0.25) is 4.79 Å². The van der Waals surface area contributed by atoms with Crippen molar-refractivity contribution in [2.45, 2.75) is 37.5 Å². The van der Waals surface area contributed by atoms with E-state index in [0.717, 1.165) is 18.2 Å². The topological polar surface area (TPSA) is 97.2 Å². The molecule has 0 aromatic heterocycles. The molecule has 3 rings (SSSR count). The van der Waals surface area contributed by atoms with Crippen molar-refractivity contribution < 1.29 is 33.1 Å². The molecule has 2 N–H and O–H groups in total. The number of carbonyl (C=O) groups is 2. The van der Waals surface area contributed by atoms with Gasteiger partial charge in [-0.05, 0) is 19.1 Å². The van der Waals surface area contributed by atoms with Crippen LogP contribution in [0, 0.1) is 11.6 Å². The first-order valence-electron chi connectivity index (χ1n) is 7.64. The number of carbonyl (C=O) groups excluding carboxylic acids is 1. The van der Waals surface area contributed by atoms with Crippen molar-refractivity contribution in [2.24, 2.45) is 5.16 Å². The normalized spacial score (nSPS) is 28.4. The summed E-state index contributed by atoms with van der Waals surface area (Å²) < 4.78 is 31.7. The van der Waals surface area contributed by atoms with Gasteiger partial charge in [-0.25, -0.2) is 13.6 Å². The Bertz CT molecular complexity index is 734. The molecule has 2 aliphatic rings. The number of amides is 1. The lowest BCUT2D eigenvalue weighted by Gasteiger charge is -2.22. The third kappa shape index (κ3) is 3.60. The molecular formula is C16H16F2N2O5. The van der Waals surface area contributed by atoms with Gasteiger partial charge in [0.2, 0.25) is 5.60 Å². The fraction of sp³-hybridized carbons (Fsp3) is 0.438. The number of hydrogen-bond acceptors (Lipinski definition) is 5. The summed E-state index contributed by atoms with van der Waals surface area (Å²) in [6.07, 6.45) is -0.776. The van der Waals surface area contributed by atoms with Crippen molar-refractivity contribution >= 4 is 17.6 Å². The number of ether oxygens (including phenoxy) is 1. The van der Waals surface area contributed by atoms with Crippen molar-refractivity contribution in [3.8, 4) is 0 Å². The van der Waals surface area contributed by atoms with Crippen LogP contribution in [0.2, 0.25) is 0 Å². The first-order chi connectivity index (χ1) is 11.8. The van der Waals surface area contributed by atoms with Crippen molar-refractivity contribution in [2.75, 3.05) is 6.61 Å². The highest BCUT2D eigenvalue weighted by atomic mass is 19.1. The summed E-state index contributed by atoms with van der Waals surface area (Å²) in [7, 11) is 0. The Kier molecular flexibility index (Phi) is 4.42. The Morgan fingerprint density at radius 1 is 1.32 bits per heavy atom. The smallest absolute Gasteiger partial charge is 0.332 e. The molecule has 0 spiro atoms. The molecule has 0 aliphatic carbocycles. The van der Waals surface area contributed by atoms with Crippen LogP contribution in [0.5, 0.6) is 0 Å². The van der Waals surface area contributed by atoms with Crippen molar-refractivity contribution in [3.05, 3.63) is 35.4 Å². The van der Waals surface area contributed by atoms with E-state index < -0.39 is 41.3 Å². The SMILES string of the molecule is C[C@]1(C(=O)NC2COC(C(=O)O)C2)CC(c2cc(F)cc(F)c2)=NO1. The standard InChI is InChI=1S/C16H16F2N2O5/c1-16(15(23)19-11-5-13(14(21)22)24-7-11)6-12(20-25-16)8-2-9(17)4-10(18)3-8/h2-4,11,13H,5-7H2,1H3,(H,19,23)(H,21,22)/t11?,13?,16-/m1/s1. The minimum absolute atomic E-state index is 0.0255. The van der Waals surface area contributed by atoms with Gasteiger partial charge >= 0.3 is 5.97 Å². The lowest BCUT2D eigenvalue weighted by molar-refractivity contribution is -0.147. The molecule has 1 fully saturated rings. The Hall–Kier alpha value is -2.55. The van der Waals surface area contributed by atoms with Crippen LogP contribution in [0.3, 0.4) is 0 Å². The van der Waals surface area contributed by atoms with Crippen LogP contribution in [0.25, 0.3) is 0 Å². The van der Waals surface area contributed by atoms with Crippen LogP contribution in [0.4, 0.5) is 8.78 Å². The van der Waals surface area contributed by atoms with Crippen LogP contribution in [-0.4, -0.2) is 47.0 Å². The van der Waals surface area contributed by atoms with Crippen LogP contribution in [0.1, 0.15) is 25.3 Å². The number of carboxylic acids is 1. The largest absolute Gasteiger partial charge is 0.479 e. The molecule has 7 nitrogen and oxygen atoms in total. The van der Waals surface area contributed by atoms with Crippen LogP contribution >= 0.6 is 0 Å². The number of aliphatic carboxylic acids is 1. The summed E-state index contributed by atoms with van der Waals surface area (Å²) in [4.78, 5) is 28.5. The van der Waals surface area contributed by atoms with Gasteiger partial charge in [0.05, 0.1) is 18.4 Å². The first-order valence-corrected chi connectivity index (χ1v) is 7.64. The van der Waals surface area contributed by atoms with E-state index in [1.165, 1.54) is 6.92 Å². The quantitative estimate of drug-likeness (QED) is 0.847. The maximum atomic E-state index is 13.3. The molecule has 2 heterocycles. The van der Waals surface area contributed by atoms with E-state index in [-0.39, 0.29) is 30.7 Å². The van der Waals surface area contributed by atoms with Gasteiger partial charge in [0.25, 0.3) is 5.91 Å². The maximum absolute atomic E-state index is 13.3. The molecule has 1 saturated heterocycles. The van der Waals surface area contributed by atoms with Gasteiger partial charge in [0, 0.05) is 24.5 Å². The van der Waals surface area contributed by atoms with Gasteiger partial charge in [-0.15, -0.1) is 0 Å². The molecule has 2 aliphatic heterocycles. The minimum Gasteiger partial charge on any atom is -0.479 e. The molecule has 1 amide bonds. The van der Waals surface area contributed by atoms with E-state index in [4.69, 9.17) is 14.7 Å². The van der Waals surface area contributed by atoms with Gasteiger partial charge < -0.3 is 20.0 Å². The molecule has 9 heteroatoms. The number of carboxylic acid groups (broad SMARTS) is 1. The predicted molar refractivity (Wildman–Crippen MR) is 80.9 cm³/mol. The van der Waals surface area contributed by atoms with Crippen LogP contribution in [-0.2, 0) is 19.2 Å². The molecule has 1 aromatic carbocycles. The number of halogens is 2. The highest BCUT2D eigenvalue weighted by Crippen LogP contribution is 2.28. The predicted octanol–water partition coefficient (Wildman–Crippen LogP) is 1.21. The Labute approximate surface area is 141 Å². The van der Waals surface area contributed by atoms with Gasteiger partial charge in [-0.2, -0.15) is 0 Å². The fourth-order valence-corrected chi connectivity index (χ4v) is 2.77. The molecular weight excluding hydrogens is 338 g/mol. The maximum Gasteiger partial charge on any atom is 0.332 e. The molecule has 1 aromatic rings. The number of benzene rings is 1. The van der Waals surface area contributed by atoms with E-state index in [0.29, 0.717) is 0 Å². The molecule has 134 valence electrons. The fourth-order valence-electron chi connectivity index (χ4n) is 2.77. The van der Waals surface area contributed by atoms with Crippen LogP contribution < -0.4 is 5.32 Å². The minimum atomic E-state index is -1.35. The Balaban J connectivity index is 1.64. The second-order valence-electron chi connectivity index (χ2n) is 6.26. The number of hydrogen-bond donors (Lipinski definition) is 2. The summed E-state index contributed by atoms with van der Waals surface area (Å²) in [5.41, 5.74) is -0.898. The summed E-state index contributed by atoms with van der Waals surface area (Å²) in [6.45, 7) is 1.58. The zero-order chi connectivity index (χ0) is 18.2. The van der Waals surface area contributed by atoms with Gasteiger partial charge in [0.1, 0.15) is 11.6 Å². The van der Waals surface area contributed by atoms with Crippen molar-refractivity contribution in [1.82, 2.24) is 5.32 Å². The molecule has 0 bridgehead atoms. The molecule has 3 atom stereocenters. The summed E-state index contributed by atoms with van der Waals surface area (Å²) in [6, 6.07) is 2.50. The monoisotopic (exact) mass is 354 g/mol. The average molecular weight is 354 g/mol. The lowest BCUT2D eigenvalue weighted by atomic mass is 9.94. The number of rotatable bonds is 4. The molecule has 2 unspecified atom stereocenters. The number of oxime groups is 1. The summed E-state index contributed by atoms with van der Waals surface area (Å²) in [5.74, 6) is -3.08. The number of nitrogens with one attached hydrogen (secondary N) is 1. The lowest BCUT2D eigenvalue weighted by Crippen LogP contribution is -2.49. The second-order valence-corrected chi connectivity index (χ2v) is 6.26. The van der Waals surface area contributed by atoms with Crippen molar-refractivity contribution in [3.63, 3.8) is 0 Å². The third-order valence-electron chi connectivity index (χ3n) is 4.15. The second kappa shape index (κ2) is 6.40. The zero-order valence-electron chi connectivity index (χ0n) is 13.3. The molecule has 0 saturated carbocycles. The highest BCUT2D eigenvalue weighted by Gasteiger charge is 2.44. The highest BCUT2D eigenvalue weighted by molar-refractivity contribution is 6.05. The first kappa shape index (κ1) is 17.3. The summed E-state index contributed by atoms with van der Waals surface area (Å²) in [5, 5.41) is 15.3. The van der Waals surface area contributed by atoms with E-state index in [9.17, 15) is 18.4 Å². The molecule has 0 radical (unpaired) electrons. The third-order valence-corrected chi connectivity index (χ3v) is 4.15. The van der Waals surface area contributed by atoms with E-state index in [2.05, 4.69) is 10.5 Å².